The molecular formula is C7H9ClO2. The van der Waals surface area contributed by atoms with Crippen LogP contribution in [0.25, 0.3) is 0 Å². The zero-order valence-corrected chi connectivity index (χ0v) is 6.27. The molecule has 2 nitrogen and oxygen atoms in total. The number of carbonyl (C=O) groups is 1. The third-order valence-electron chi connectivity index (χ3n) is 1.67. The molecule has 1 N–H and O–H groups in total. The van der Waals surface area contributed by atoms with Crippen LogP contribution in [0.15, 0.2) is 11.1 Å². The maximum atomic E-state index is 10.4. The Balaban J connectivity index is 2.53. The van der Waals surface area contributed by atoms with E-state index in [4.69, 9.17) is 16.7 Å². The highest BCUT2D eigenvalue weighted by Gasteiger charge is 2.20. The quantitative estimate of drug-likeness (QED) is 0.637. The van der Waals surface area contributed by atoms with Crippen molar-refractivity contribution in [3.8, 4) is 0 Å². The molecule has 0 heterocycles. The molecule has 1 atom stereocenters. The summed E-state index contributed by atoms with van der Waals surface area (Å²) in [6.07, 6.45) is 3.93. The fourth-order valence-corrected chi connectivity index (χ4v) is 1.37. The highest BCUT2D eigenvalue weighted by molar-refractivity contribution is 6.29. The van der Waals surface area contributed by atoms with Crippen molar-refractivity contribution in [2.75, 3.05) is 0 Å². The Morgan fingerprint density at radius 2 is 2.50 bits per heavy atom. The summed E-state index contributed by atoms with van der Waals surface area (Å²) in [6, 6.07) is 0. The average Bonchev–Trinajstić information content (AvgIpc) is 1.88. The van der Waals surface area contributed by atoms with E-state index in [1.165, 1.54) is 0 Å². The predicted molar refractivity (Wildman–Crippen MR) is 38.9 cm³/mol. The second-order valence-electron chi connectivity index (χ2n) is 2.47. The van der Waals surface area contributed by atoms with Crippen LogP contribution in [0.1, 0.15) is 19.3 Å². The molecule has 56 valence electrons. The first-order chi connectivity index (χ1) is 4.70. The number of aliphatic carboxylic acids is 1. The van der Waals surface area contributed by atoms with E-state index < -0.39 is 5.97 Å². The summed E-state index contributed by atoms with van der Waals surface area (Å²) >= 11 is 5.65. The molecule has 0 aromatic carbocycles. The van der Waals surface area contributed by atoms with Gasteiger partial charge in [0.25, 0.3) is 0 Å². The Bertz CT molecular complexity index is 174. The van der Waals surface area contributed by atoms with E-state index in [1.807, 2.05) is 6.08 Å². The summed E-state index contributed by atoms with van der Waals surface area (Å²) in [5, 5.41) is 9.26. The molecule has 0 saturated carbocycles. The number of carboxylic acids is 1. The van der Waals surface area contributed by atoms with Crippen molar-refractivity contribution in [3.63, 3.8) is 0 Å². The molecule has 0 amide bonds. The van der Waals surface area contributed by atoms with E-state index in [0.29, 0.717) is 11.5 Å². The van der Waals surface area contributed by atoms with Crippen LogP contribution < -0.4 is 0 Å². The minimum Gasteiger partial charge on any atom is -0.481 e. The second-order valence-corrected chi connectivity index (χ2v) is 2.95. The topological polar surface area (TPSA) is 37.3 Å². The van der Waals surface area contributed by atoms with E-state index in [0.717, 1.165) is 12.8 Å². The van der Waals surface area contributed by atoms with Crippen LogP contribution in [0, 0.1) is 5.92 Å². The number of carboxylic acid groups (broad SMARTS) is 1. The van der Waals surface area contributed by atoms with Crippen LogP contribution in [0.2, 0.25) is 0 Å². The lowest BCUT2D eigenvalue weighted by Gasteiger charge is -2.14. The van der Waals surface area contributed by atoms with Crippen molar-refractivity contribution in [1.29, 1.82) is 0 Å². The summed E-state index contributed by atoms with van der Waals surface area (Å²) in [5.74, 6) is -0.983. The molecule has 1 rings (SSSR count). The van der Waals surface area contributed by atoms with E-state index in [9.17, 15) is 4.79 Å². The fourth-order valence-electron chi connectivity index (χ4n) is 1.07. The minimum absolute atomic E-state index is 0.252. The van der Waals surface area contributed by atoms with Gasteiger partial charge in [-0.3, -0.25) is 4.79 Å². The largest absolute Gasteiger partial charge is 0.481 e. The lowest BCUT2D eigenvalue weighted by atomic mass is 9.95. The summed E-state index contributed by atoms with van der Waals surface area (Å²) in [7, 11) is 0. The van der Waals surface area contributed by atoms with Gasteiger partial charge in [0.2, 0.25) is 0 Å². The van der Waals surface area contributed by atoms with E-state index >= 15 is 0 Å². The molecule has 1 unspecified atom stereocenters. The Hall–Kier alpha value is -0.500. The maximum Gasteiger partial charge on any atom is 0.306 e. The van der Waals surface area contributed by atoms with Crippen molar-refractivity contribution < 1.29 is 9.90 Å². The Morgan fingerprint density at radius 1 is 1.80 bits per heavy atom. The van der Waals surface area contributed by atoms with E-state index in [2.05, 4.69) is 0 Å². The number of hydrogen-bond acceptors (Lipinski definition) is 1. The van der Waals surface area contributed by atoms with Crippen molar-refractivity contribution in [1.82, 2.24) is 0 Å². The zero-order chi connectivity index (χ0) is 7.56. The van der Waals surface area contributed by atoms with Gasteiger partial charge in [0.05, 0.1) is 5.92 Å². The van der Waals surface area contributed by atoms with Crippen molar-refractivity contribution >= 4 is 17.6 Å². The van der Waals surface area contributed by atoms with Crippen LogP contribution in [0.3, 0.4) is 0 Å². The lowest BCUT2D eigenvalue weighted by Crippen LogP contribution is -2.15. The van der Waals surface area contributed by atoms with Gasteiger partial charge in [-0.1, -0.05) is 17.7 Å². The fraction of sp³-hybridized carbons (Fsp3) is 0.571. The summed E-state index contributed by atoms with van der Waals surface area (Å²) in [6.45, 7) is 0. The molecule has 0 radical (unpaired) electrons. The SMILES string of the molecule is O=C(O)C1CCC=C(Cl)C1. The van der Waals surface area contributed by atoms with Gasteiger partial charge in [-0.05, 0) is 19.3 Å². The number of allylic oxidation sites excluding steroid dienone is 2. The monoisotopic (exact) mass is 160 g/mol. The zero-order valence-electron chi connectivity index (χ0n) is 5.51. The molecule has 0 aromatic heterocycles. The molecule has 0 aliphatic heterocycles. The summed E-state index contributed by atoms with van der Waals surface area (Å²) in [4.78, 5) is 10.4. The van der Waals surface area contributed by atoms with Crippen LogP contribution >= 0.6 is 11.6 Å². The second kappa shape index (κ2) is 3.06. The van der Waals surface area contributed by atoms with Gasteiger partial charge in [-0.25, -0.2) is 0 Å². The van der Waals surface area contributed by atoms with Gasteiger partial charge in [0.1, 0.15) is 0 Å². The number of halogens is 1. The molecule has 0 fully saturated rings. The molecule has 10 heavy (non-hydrogen) atoms. The number of rotatable bonds is 1. The van der Waals surface area contributed by atoms with Gasteiger partial charge < -0.3 is 5.11 Å². The molecule has 0 bridgehead atoms. The lowest BCUT2D eigenvalue weighted by molar-refractivity contribution is -0.141. The van der Waals surface area contributed by atoms with Crippen molar-refractivity contribution in [2.24, 2.45) is 5.92 Å². The predicted octanol–water partition coefficient (Wildman–Crippen LogP) is 1.99. The molecule has 3 heteroatoms. The molecule has 0 saturated heterocycles. The van der Waals surface area contributed by atoms with Gasteiger partial charge in [0, 0.05) is 5.03 Å². The molecule has 0 aromatic rings. The molecule has 0 spiro atoms. The van der Waals surface area contributed by atoms with Crippen molar-refractivity contribution in [2.45, 2.75) is 19.3 Å². The third kappa shape index (κ3) is 1.74. The molecule has 1 aliphatic rings. The summed E-state index contributed by atoms with van der Waals surface area (Å²) < 4.78 is 0. The van der Waals surface area contributed by atoms with Crippen LogP contribution in [0.5, 0.6) is 0 Å². The minimum atomic E-state index is -0.730. The van der Waals surface area contributed by atoms with Crippen LogP contribution in [-0.2, 0) is 4.79 Å². The summed E-state index contributed by atoms with van der Waals surface area (Å²) in [5.41, 5.74) is 0. The van der Waals surface area contributed by atoms with E-state index in [1.54, 1.807) is 0 Å². The first-order valence-corrected chi connectivity index (χ1v) is 3.65. The van der Waals surface area contributed by atoms with E-state index in [-0.39, 0.29) is 5.92 Å². The molecule has 1 aliphatic carbocycles. The Kier molecular flexibility index (Phi) is 2.33. The van der Waals surface area contributed by atoms with Crippen LogP contribution in [-0.4, -0.2) is 11.1 Å². The normalized spacial score (nSPS) is 25.7. The maximum absolute atomic E-state index is 10.4. The standard InChI is InChI=1S/C7H9ClO2/c8-6-3-1-2-5(4-6)7(9)10/h3,5H,1-2,4H2,(H,9,10). The van der Waals surface area contributed by atoms with Gasteiger partial charge in [-0.2, -0.15) is 0 Å². The highest BCUT2D eigenvalue weighted by atomic mass is 35.5. The molecular weight excluding hydrogens is 152 g/mol. The first kappa shape index (κ1) is 7.61. The highest BCUT2D eigenvalue weighted by Crippen LogP contribution is 2.26. The Morgan fingerprint density at radius 3 is 2.90 bits per heavy atom. The van der Waals surface area contributed by atoms with Crippen molar-refractivity contribution in [3.05, 3.63) is 11.1 Å². The third-order valence-corrected chi connectivity index (χ3v) is 1.98. The van der Waals surface area contributed by atoms with Crippen LogP contribution in [0.4, 0.5) is 0 Å². The Labute approximate surface area is 64.5 Å². The van der Waals surface area contributed by atoms with Gasteiger partial charge in [-0.15, -0.1) is 0 Å². The first-order valence-electron chi connectivity index (χ1n) is 3.27. The van der Waals surface area contributed by atoms with Gasteiger partial charge in [0.15, 0.2) is 0 Å². The number of hydrogen-bond donors (Lipinski definition) is 1. The van der Waals surface area contributed by atoms with Gasteiger partial charge >= 0.3 is 5.97 Å². The smallest absolute Gasteiger partial charge is 0.306 e. The average molecular weight is 161 g/mol.